The molecule has 1 aromatic carbocycles. The Morgan fingerprint density at radius 1 is 1.44 bits per heavy atom. The lowest BCUT2D eigenvalue weighted by atomic mass is 9.84. The Morgan fingerprint density at radius 2 is 2.06 bits per heavy atom. The molecule has 1 unspecified atom stereocenters. The van der Waals surface area contributed by atoms with Crippen LogP contribution in [0, 0.1) is 11.2 Å². The van der Waals surface area contributed by atoms with Crippen LogP contribution < -0.4 is 0 Å². The molecule has 0 aliphatic rings. The van der Waals surface area contributed by atoms with E-state index in [1.54, 1.807) is 6.07 Å². The number of benzene rings is 1. The van der Waals surface area contributed by atoms with Crippen LogP contribution in [0.25, 0.3) is 0 Å². The number of ether oxygens (including phenoxy) is 1. The minimum absolute atomic E-state index is 0.00249. The summed E-state index contributed by atoms with van der Waals surface area (Å²) >= 11 is 3.26. The maximum atomic E-state index is 13.0. The zero-order valence-corrected chi connectivity index (χ0v) is 12.7. The molecule has 0 fully saturated rings. The second kappa shape index (κ2) is 5.93. The van der Waals surface area contributed by atoms with Gasteiger partial charge in [-0.15, -0.1) is 0 Å². The molecule has 0 amide bonds. The Bertz CT molecular complexity index is 438. The number of hydrogen-bond acceptors (Lipinski definition) is 2. The summed E-state index contributed by atoms with van der Waals surface area (Å²) in [5.74, 6) is -0.325. The van der Waals surface area contributed by atoms with E-state index in [0.29, 0.717) is 4.47 Å². The minimum atomic E-state index is -0.463. The van der Waals surface area contributed by atoms with Crippen molar-refractivity contribution in [2.24, 2.45) is 5.41 Å². The monoisotopic (exact) mass is 316 g/mol. The smallest absolute Gasteiger partial charge is 0.166 e. The Hall–Kier alpha value is -0.740. The number of carbonyl (C=O) groups excluding carboxylic acids is 1. The lowest BCUT2D eigenvalue weighted by Gasteiger charge is -2.28. The van der Waals surface area contributed by atoms with Gasteiger partial charge in [0.25, 0.3) is 0 Å². The molecule has 18 heavy (non-hydrogen) atoms. The van der Waals surface area contributed by atoms with E-state index in [9.17, 15) is 9.18 Å². The molecule has 0 aliphatic carbocycles. The predicted octanol–water partition coefficient (Wildman–Crippen LogP) is 3.76. The highest BCUT2D eigenvalue weighted by Gasteiger charge is 2.31. The molecule has 1 aromatic rings. The first-order valence-electron chi connectivity index (χ1n) is 5.75. The maximum Gasteiger partial charge on any atom is 0.166 e. The number of ketones is 1. The molecule has 100 valence electrons. The highest BCUT2D eigenvalue weighted by atomic mass is 79.9. The van der Waals surface area contributed by atoms with Gasteiger partial charge >= 0.3 is 0 Å². The molecule has 0 saturated heterocycles. The van der Waals surface area contributed by atoms with E-state index >= 15 is 0 Å². The molecule has 0 heterocycles. The predicted molar refractivity (Wildman–Crippen MR) is 73.1 cm³/mol. The third-order valence-corrected chi connectivity index (χ3v) is 3.43. The molecule has 0 spiro atoms. The number of carbonyl (C=O) groups is 1. The van der Waals surface area contributed by atoms with Crippen LogP contribution in [-0.2, 0) is 16.0 Å². The van der Waals surface area contributed by atoms with Gasteiger partial charge in [-0.05, 0) is 23.1 Å². The average molecular weight is 317 g/mol. The van der Waals surface area contributed by atoms with E-state index < -0.39 is 6.10 Å². The molecule has 0 N–H and O–H groups in total. The van der Waals surface area contributed by atoms with Crippen LogP contribution in [0.2, 0.25) is 0 Å². The standard InChI is InChI=1S/C14H18BrFO2/c1-14(2,3)13(18-4)12(17)7-9-5-6-10(16)8-11(9)15/h5-6,8,13H,7H2,1-4H3. The van der Waals surface area contributed by atoms with Gasteiger partial charge < -0.3 is 4.74 Å². The molecule has 0 saturated carbocycles. The second-order valence-corrected chi connectivity index (χ2v) is 6.21. The van der Waals surface area contributed by atoms with E-state index in [-0.39, 0.29) is 23.4 Å². The van der Waals surface area contributed by atoms with Crippen LogP contribution in [0.1, 0.15) is 26.3 Å². The Labute approximate surface area is 116 Å². The second-order valence-electron chi connectivity index (χ2n) is 5.36. The van der Waals surface area contributed by atoms with Crippen molar-refractivity contribution in [2.45, 2.75) is 33.3 Å². The lowest BCUT2D eigenvalue weighted by molar-refractivity contribution is -0.134. The third-order valence-electron chi connectivity index (χ3n) is 2.69. The first-order valence-corrected chi connectivity index (χ1v) is 6.54. The Balaban J connectivity index is 2.87. The Morgan fingerprint density at radius 3 is 2.50 bits per heavy atom. The Kier molecular flexibility index (Phi) is 5.05. The molecular weight excluding hydrogens is 299 g/mol. The van der Waals surface area contributed by atoms with Crippen molar-refractivity contribution in [3.05, 3.63) is 34.1 Å². The van der Waals surface area contributed by atoms with Crippen LogP contribution in [-0.4, -0.2) is 19.0 Å². The summed E-state index contributed by atoms with van der Waals surface area (Å²) in [6.45, 7) is 5.87. The van der Waals surface area contributed by atoms with Crippen LogP contribution >= 0.6 is 15.9 Å². The number of rotatable bonds is 4. The van der Waals surface area contributed by atoms with Gasteiger partial charge in [-0.2, -0.15) is 0 Å². The van der Waals surface area contributed by atoms with Crippen molar-refractivity contribution < 1.29 is 13.9 Å². The lowest BCUT2D eigenvalue weighted by Crippen LogP contribution is -2.37. The van der Waals surface area contributed by atoms with Crippen molar-refractivity contribution in [3.8, 4) is 0 Å². The van der Waals surface area contributed by atoms with Crippen molar-refractivity contribution in [3.63, 3.8) is 0 Å². The molecule has 4 heteroatoms. The highest BCUT2D eigenvalue weighted by Crippen LogP contribution is 2.25. The van der Waals surface area contributed by atoms with Gasteiger partial charge in [0, 0.05) is 18.0 Å². The molecule has 1 atom stereocenters. The fourth-order valence-electron chi connectivity index (χ4n) is 1.91. The van der Waals surface area contributed by atoms with Crippen LogP contribution in [0.5, 0.6) is 0 Å². The molecule has 0 aromatic heterocycles. The van der Waals surface area contributed by atoms with E-state index in [1.807, 2.05) is 20.8 Å². The quantitative estimate of drug-likeness (QED) is 0.845. The van der Waals surface area contributed by atoms with Gasteiger partial charge in [0.15, 0.2) is 5.78 Å². The van der Waals surface area contributed by atoms with E-state index in [2.05, 4.69) is 15.9 Å². The fraction of sp³-hybridized carbons (Fsp3) is 0.500. The van der Waals surface area contributed by atoms with E-state index in [0.717, 1.165) is 5.56 Å². The van der Waals surface area contributed by atoms with Crippen LogP contribution in [0.15, 0.2) is 22.7 Å². The number of methoxy groups -OCH3 is 1. The number of hydrogen-bond donors (Lipinski definition) is 0. The van der Waals surface area contributed by atoms with Gasteiger partial charge in [-0.25, -0.2) is 4.39 Å². The highest BCUT2D eigenvalue weighted by molar-refractivity contribution is 9.10. The molecule has 0 aliphatic heterocycles. The van der Waals surface area contributed by atoms with Gasteiger partial charge in [0.2, 0.25) is 0 Å². The topological polar surface area (TPSA) is 26.3 Å². The van der Waals surface area contributed by atoms with Gasteiger partial charge in [-0.3, -0.25) is 4.79 Å². The van der Waals surface area contributed by atoms with Gasteiger partial charge in [-0.1, -0.05) is 42.8 Å². The maximum absolute atomic E-state index is 13.0. The summed E-state index contributed by atoms with van der Waals surface area (Å²) in [6.07, 6.45) is -0.231. The zero-order valence-electron chi connectivity index (χ0n) is 11.1. The summed E-state index contributed by atoms with van der Waals surface area (Å²) in [4.78, 5) is 12.2. The summed E-state index contributed by atoms with van der Waals surface area (Å²) < 4.78 is 18.8. The third kappa shape index (κ3) is 3.89. The minimum Gasteiger partial charge on any atom is -0.373 e. The molecule has 2 nitrogen and oxygen atoms in total. The zero-order chi connectivity index (χ0) is 13.9. The first kappa shape index (κ1) is 15.3. The SMILES string of the molecule is COC(C(=O)Cc1ccc(F)cc1Br)C(C)(C)C. The van der Waals surface area contributed by atoms with Crippen LogP contribution in [0.4, 0.5) is 4.39 Å². The van der Waals surface area contributed by atoms with Gasteiger partial charge in [0.05, 0.1) is 0 Å². The largest absolute Gasteiger partial charge is 0.373 e. The summed E-state index contributed by atoms with van der Waals surface area (Å²) in [5.41, 5.74) is 0.519. The van der Waals surface area contributed by atoms with Crippen molar-refractivity contribution in [2.75, 3.05) is 7.11 Å². The summed E-state index contributed by atoms with van der Waals surface area (Å²) in [6, 6.07) is 4.33. The molecule has 1 rings (SSSR count). The number of halogens is 2. The van der Waals surface area contributed by atoms with Crippen molar-refractivity contribution in [1.29, 1.82) is 0 Å². The van der Waals surface area contributed by atoms with E-state index in [4.69, 9.17) is 4.74 Å². The fourth-order valence-corrected chi connectivity index (χ4v) is 2.40. The summed E-state index contributed by atoms with van der Waals surface area (Å²) in [7, 11) is 1.54. The molecule has 0 radical (unpaired) electrons. The normalized spacial score (nSPS) is 13.4. The van der Waals surface area contributed by atoms with Crippen molar-refractivity contribution in [1.82, 2.24) is 0 Å². The first-order chi connectivity index (χ1) is 8.25. The van der Waals surface area contributed by atoms with Crippen molar-refractivity contribution >= 4 is 21.7 Å². The number of Topliss-reactive ketones (excluding diaryl/α,β-unsaturated/α-hetero) is 1. The summed E-state index contributed by atoms with van der Waals surface area (Å²) in [5, 5.41) is 0. The molecule has 0 bridgehead atoms. The average Bonchev–Trinajstić information content (AvgIpc) is 2.21. The molecular formula is C14H18BrFO2. The van der Waals surface area contributed by atoms with Crippen LogP contribution in [0.3, 0.4) is 0 Å². The van der Waals surface area contributed by atoms with E-state index in [1.165, 1.54) is 19.2 Å². The van der Waals surface area contributed by atoms with Gasteiger partial charge in [0.1, 0.15) is 11.9 Å².